The van der Waals surface area contributed by atoms with Gasteiger partial charge in [0.25, 0.3) is 0 Å². The van der Waals surface area contributed by atoms with E-state index in [2.05, 4.69) is 33.4 Å². The third kappa shape index (κ3) is 4.42. The van der Waals surface area contributed by atoms with E-state index in [1.54, 1.807) is 6.92 Å². The minimum Gasteiger partial charge on any atom is -0.356 e. The van der Waals surface area contributed by atoms with E-state index in [0.717, 1.165) is 23.9 Å². The molecule has 1 amide bonds. The van der Waals surface area contributed by atoms with E-state index >= 15 is 0 Å². The lowest BCUT2D eigenvalue weighted by Gasteiger charge is -2.02. The Morgan fingerprint density at radius 1 is 1.36 bits per heavy atom. The van der Waals surface area contributed by atoms with Gasteiger partial charge in [0, 0.05) is 17.9 Å². The highest BCUT2D eigenvalue weighted by molar-refractivity contribution is 9.10. The SMILES string of the molecule is CC(=O)NCCCc1ccc(Br)cc1. The lowest BCUT2D eigenvalue weighted by molar-refractivity contribution is -0.118. The van der Waals surface area contributed by atoms with Gasteiger partial charge in [-0.05, 0) is 30.5 Å². The zero-order valence-electron chi connectivity index (χ0n) is 8.22. The molecule has 0 saturated heterocycles. The minimum absolute atomic E-state index is 0.0424. The Morgan fingerprint density at radius 2 is 2.00 bits per heavy atom. The molecule has 0 fully saturated rings. The normalized spacial score (nSPS) is 9.86. The zero-order valence-corrected chi connectivity index (χ0v) is 9.80. The van der Waals surface area contributed by atoms with Crippen molar-refractivity contribution < 1.29 is 4.79 Å². The van der Waals surface area contributed by atoms with Crippen LogP contribution in [0.4, 0.5) is 0 Å². The smallest absolute Gasteiger partial charge is 0.216 e. The van der Waals surface area contributed by atoms with Crippen LogP contribution >= 0.6 is 15.9 Å². The van der Waals surface area contributed by atoms with Gasteiger partial charge in [-0.25, -0.2) is 0 Å². The molecular formula is C11H14BrNO. The molecule has 0 spiro atoms. The number of halogens is 1. The van der Waals surface area contributed by atoms with Crippen molar-refractivity contribution in [2.24, 2.45) is 0 Å². The molecular weight excluding hydrogens is 242 g/mol. The van der Waals surface area contributed by atoms with Crippen LogP contribution in [0.3, 0.4) is 0 Å². The lowest BCUT2D eigenvalue weighted by Crippen LogP contribution is -2.21. The lowest BCUT2D eigenvalue weighted by atomic mass is 10.1. The van der Waals surface area contributed by atoms with E-state index in [1.807, 2.05) is 12.1 Å². The van der Waals surface area contributed by atoms with Crippen LogP contribution in [0.5, 0.6) is 0 Å². The van der Waals surface area contributed by atoms with Crippen molar-refractivity contribution in [1.29, 1.82) is 0 Å². The number of hydrogen-bond acceptors (Lipinski definition) is 1. The van der Waals surface area contributed by atoms with Gasteiger partial charge >= 0.3 is 0 Å². The van der Waals surface area contributed by atoms with Crippen LogP contribution in [-0.4, -0.2) is 12.5 Å². The summed E-state index contributed by atoms with van der Waals surface area (Å²) in [6, 6.07) is 8.26. The van der Waals surface area contributed by atoms with E-state index in [9.17, 15) is 4.79 Å². The van der Waals surface area contributed by atoms with Crippen molar-refractivity contribution in [2.45, 2.75) is 19.8 Å². The number of nitrogens with one attached hydrogen (secondary N) is 1. The predicted molar refractivity (Wildman–Crippen MR) is 61.1 cm³/mol. The Labute approximate surface area is 92.8 Å². The van der Waals surface area contributed by atoms with Crippen LogP contribution in [0.2, 0.25) is 0 Å². The summed E-state index contributed by atoms with van der Waals surface area (Å²) in [6.07, 6.45) is 1.99. The van der Waals surface area contributed by atoms with Crippen LogP contribution < -0.4 is 5.32 Å². The second-order valence-electron chi connectivity index (χ2n) is 3.21. The second kappa shape index (κ2) is 5.81. The summed E-state index contributed by atoms with van der Waals surface area (Å²) >= 11 is 3.39. The Hall–Kier alpha value is -0.830. The first kappa shape index (κ1) is 11.2. The number of hydrogen-bond donors (Lipinski definition) is 1. The summed E-state index contributed by atoms with van der Waals surface area (Å²) in [5.41, 5.74) is 1.30. The summed E-state index contributed by atoms with van der Waals surface area (Å²) in [5.74, 6) is 0.0424. The molecule has 0 atom stereocenters. The first-order chi connectivity index (χ1) is 6.68. The van der Waals surface area contributed by atoms with Gasteiger partial charge in [0.05, 0.1) is 0 Å². The highest BCUT2D eigenvalue weighted by atomic mass is 79.9. The number of carbonyl (C=O) groups excluding carboxylic acids is 1. The fourth-order valence-corrected chi connectivity index (χ4v) is 1.47. The van der Waals surface area contributed by atoms with E-state index in [0.29, 0.717) is 0 Å². The van der Waals surface area contributed by atoms with Crippen LogP contribution in [0.1, 0.15) is 18.9 Å². The predicted octanol–water partition coefficient (Wildman–Crippen LogP) is 2.52. The molecule has 0 unspecified atom stereocenters. The molecule has 1 rings (SSSR count). The van der Waals surface area contributed by atoms with Crippen LogP contribution in [0.15, 0.2) is 28.7 Å². The fourth-order valence-electron chi connectivity index (χ4n) is 1.21. The standard InChI is InChI=1S/C11H14BrNO/c1-9(14)13-8-2-3-10-4-6-11(12)7-5-10/h4-7H,2-3,8H2,1H3,(H,13,14). The zero-order chi connectivity index (χ0) is 10.4. The van der Waals surface area contributed by atoms with Gasteiger partial charge in [-0.2, -0.15) is 0 Å². The molecule has 0 saturated carbocycles. The minimum atomic E-state index is 0.0424. The molecule has 0 bridgehead atoms. The highest BCUT2D eigenvalue weighted by Crippen LogP contribution is 2.11. The Morgan fingerprint density at radius 3 is 2.57 bits per heavy atom. The molecule has 0 aliphatic rings. The topological polar surface area (TPSA) is 29.1 Å². The summed E-state index contributed by atoms with van der Waals surface area (Å²) < 4.78 is 1.10. The van der Waals surface area contributed by atoms with Crippen molar-refractivity contribution in [3.63, 3.8) is 0 Å². The van der Waals surface area contributed by atoms with Crippen molar-refractivity contribution in [1.82, 2.24) is 5.32 Å². The fraction of sp³-hybridized carbons (Fsp3) is 0.364. The molecule has 0 aliphatic heterocycles. The van der Waals surface area contributed by atoms with Gasteiger partial charge in [-0.1, -0.05) is 28.1 Å². The maximum atomic E-state index is 10.6. The molecule has 0 radical (unpaired) electrons. The first-order valence-corrected chi connectivity index (χ1v) is 5.46. The number of aryl methyl sites for hydroxylation is 1. The molecule has 76 valence electrons. The Bertz CT molecular complexity index is 295. The quantitative estimate of drug-likeness (QED) is 0.824. The average molecular weight is 256 g/mol. The second-order valence-corrected chi connectivity index (χ2v) is 4.13. The van der Waals surface area contributed by atoms with Crippen LogP contribution in [0.25, 0.3) is 0 Å². The number of amides is 1. The van der Waals surface area contributed by atoms with Gasteiger partial charge in [-0.3, -0.25) is 4.79 Å². The third-order valence-electron chi connectivity index (χ3n) is 1.93. The molecule has 1 aromatic rings. The molecule has 0 heterocycles. The van der Waals surface area contributed by atoms with Crippen molar-refractivity contribution in [3.05, 3.63) is 34.3 Å². The monoisotopic (exact) mass is 255 g/mol. The molecule has 14 heavy (non-hydrogen) atoms. The Balaban J connectivity index is 2.25. The average Bonchev–Trinajstić information content (AvgIpc) is 2.15. The van der Waals surface area contributed by atoms with Gasteiger partial charge in [-0.15, -0.1) is 0 Å². The molecule has 1 aromatic carbocycles. The summed E-state index contributed by atoms with van der Waals surface area (Å²) in [4.78, 5) is 10.6. The third-order valence-corrected chi connectivity index (χ3v) is 2.46. The van der Waals surface area contributed by atoms with Crippen molar-refractivity contribution in [3.8, 4) is 0 Å². The highest BCUT2D eigenvalue weighted by Gasteiger charge is 1.94. The van der Waals surface area contributed by atoms with Crippen LogP contribution in [-0.2, 0) is 11.2 Å². The summed E-state index contributed by atoms with van der Waals surface area (Å²) in [6.45, 7) is 2.30. The molecule has 3 heteroatoms. The molecule has 1 N–H and O–H groups in total. The van der Waals surface area contributed by atoms with Gasteiger partial charge < -0.3 is 5.32 Å². The van der Waals surface area contributed by atoms with Gasteiger partial charge in [0.1, 0.15) is 0 Å². The Kier molecular flexibility index (Phi) is 4.66. The van der Waals surface area contributed by atoms with Crippen molar-refractivity contribution >= 4 is 21.8 Å². The van der Waals surface area contributed by atoms with E-state index in [4.69, 9.17) is 0 Å². The maximum absolute atomic E-state index is 10.6. The number of carbonyl (C=O) groups is 1. The first-order valence-electron chi connectivity index (χ1n) is 4.67. The number of benzene rings is 1. The largest absolute Gasteiger partial charge is 0.356 e. The van der Waals surface area contributed by atoms with Gasteiger partial charge in [0.15, 0.2) is 0 Å². The van der Waals surface area contributed by atoms with Crippen molar-refractivity contribution in [2.75, 3.05) is 6.54 Å². The van der Waals surface area contributed by atoms with E-state index in [1.165, 1.54) is 5.56 Å². The molecule has 0 aliphatic carbocycles. The van der Waals surface area contributed by atoms with Gasteiger partial charge in [0.2, 0.25) is 5.91 Å². The van der Waals surface area contributed by atoms with E-state index < -0.39 is 0 Å². The summed E-state index contributed by atoms with van der Waals surface area (Å²) in [5, 5.41) is 2.78. The molecule has 2 nitrogen and oxygen atoms in total. The maximum Gasteiger partial charge on any atom is 0.216 e. The van der Waals surface area contributed by atoms with Crippen LogP contribution in [0, 0.1) is 0 Å². The summed E-state index contributed by atoms with van der Waals surface area (Å²) in [7, 11) is 0. The molecule has 0 aromatic heterocycles. The van der Waals surface area contributed by atoms with E-state index in [-0.39, 0.29) is 5.91 Å². The number of rotatable bonds is 4.